The van der Waals surface area contributed by atoms with Crippen molar-refractivity contribution in [3.8, 4) is 11.3 Å². The van der Waals surface area contributed by atoms with Crippen molar-refractivity contribution in [2.24, 2.45) is 5.16 Å². The number of carbonyl (C=O) groups excluding carboxylic acids is 1. The van der Waals surface area contributed by atoms with Crippen molar-refractivity contribution in [3.63, 3.8) is 0 Å². The highest BCUT2D eigenvalue weighted by Crippen LogP contribution is 2.35. The van der Waals surface area contributed by atoms with Gasteiger partial charge >= 0.3 is 5.97 Å². The van der Waals surface area contributed by atoms with Crippen molar-refractivity contribution in [3.05, 3.63) is 87.7 Å². The first-order chi connectivity index (χ1) is 16.1. The van der Waals surface area contributed by atoms with E-state index in [1.807, 2.05) is 36.4 Å². The Morgan fingerprint density at radius 3 is 2.52 bits per heavy atom. The molecule has 33 heavy (non-hydrogen) atoms. The van der Waals surface area contributed by atoms with E-state index in [0.717, 1.165) is 37.9 Å². The monoisotopic (exact) mass is 443 g/mol. The molecule has 0 saturated carbocycles. The van der Waals surface area contributed by atoms with Crippen LogP contribution in [0.1, 0.15) is 30.6 Å². The number of furan rings is 1. The molecule has 3 heterocycles. The topological polar surface area (TPSA) is 98.2 Å². The predicted molar refractivity (Wildman–Crippen MR) is 124 cm³/mol. The van der Waals surface area contributed by atoms with E-state index in [1.54, 1.807) is 30.3 Å². The average Bonchev–Trinajstić information content (AvgIpc) is 3.47. The number of hydrogen-bond donors (Lipinski definition) is 0. The van der Waals surface area contributed by atoms with Crippen LogP contribution in [0.5, 0.6) is 0 Å². The van der Waals surface area contributed by atoms with E-state index >= 15 is 0 Å². The average molecular weight is 443 g/mol. The van der Waals surface area contributed by atoms with E-state index in [-0.39, 0.29) is 16.2 Å². The molecule has 5 rings (SSSR count). The smallest absolute Gasteiger partial charge is 0.368 e. The van der Waals surface area contributed by atoms with Crippen LogP contribution < -0.4 is 4.90 Å². The van der Waals surface area contributed by atoms with Crippen LogP contribution in [0.25, 0.3) is 17.4 Å². The first-order valence-electron chi connectivity index (χ1n) is 10.8. The number of nitro groups is 1. The molecule has 2 aromatic carbocycles. The second-order valence-electron chi connectivity index (χ2n) is 7.95. The van der Waals surface area contributed by atoms with Crippen molar-refractivity contribution in [1.29, 1.82) is 0 Å². The lowest BCUT2D eigenvalue weighted by Gasteiger charge is -2.28. The molecule has 3 aromatic rings. The van der Waals surface area contributed by atoms with E-state index in [2.05, 4.69) is 10.1 Å². The lowest BCUT2D eigenvalue weighted by molar-refractivity contribution is -0.384. The molecule has 2 aliphatic heterocycles. The molecule has 1 aromatic heterocycles. The number of nitro benzene ring substituents is 1. The number of nitrogens with zero attached hydrogens (tertiary/aromatic N) is 3. The quantitative estimate of drug-likeness (QED) is 0.233. The molecule has 0 atom stereocenters. The van der Waals surface area contributed by atoms with Crippen molar-refractivity contribution >= 4 is 29.1 Å². The van der Waals surface area contributed by atoms with Crippen LogP contribution in [0, 0.1) is 10.1 Å². The minimum absolute atomic E-state index is 0.0589. The molecule has 0 spiro atoms. The Morgan fingerprint density at radius 1 is 0.970 bits per heavy atom. The molecule has 0 radical (unpaired) electrons. The van der Waals surface area contributed by atoms with Gasteiger partial charge in [0.25, 0.3) is 5.69 Å². The number of carbonyl (C=O) groups is 1. The third-order valence-electron chi connectivity index (χ3n) is 5.81. The summed E-state index contributed by atoms with van der Waals surface area (Å²) in [6, 6.07) is 17.8. The number of hydrogen-bond acceptors (Lipinski definition) is 7. The summed E-state index contributed by atoms with van der Waals surface area (Å²) in [7, 11) is 0. The summed E-state index contributed by atoms with van der Waals surface area (Å²) in [5, 5.41) is 15.7. The summed E-state index contributed by atoms with van der Waals surface area (Å²) in [6.07, 6.45) is 4.79. The van der Waals surface area contributed by atoms with Crippen LogP contribution >= 0.6 is 0 Å². The first-order valence-corrected chi connectivity index (χ1v) is 10.8. The molecule has 1 fully saturated rings. The fraction of sp³-hybridized carbons (Fsp3) is 0.200. The van der Waals surface area contributed by atoms with Gasteiger partial charge in [-0.3, -0.25) is 10.1 Å². The highest BCUT2D eigenvalue weighted by molar-refractivity contribution is 6.31. The second-order valence-corrected chi connectivity index (χ2v) is 7.95. The highest BCUT2D eigenvalue weighted by atomic mass is 16.7. The van der Waals surface area contributed by atoms with Crippen molar-refractivity contribution in [2.45, 2.75) is 19.3 Å². The Hall–Kier alpha value is -4.20. The first kappa shape index (κ1) is 20.7. The summed E-state index contributed by atoms with van der Waals surface area (Å²) < 4.78 is 5.91. The molecule has 2 aliphatic rings. The number of oxime groups is 1. The maximum atomic E-state index is 12.2. The van der Waals surface area contributed by atoms with Gasteiger partial charge in [0.1, 0.15) is 22.9 Å². The molecule has 0 aliphatic carbocycles. The second kappa shape index (κ2) is 8.74. The maximum Gasteiger partial charge on any atom is 0.368 e. The van der Waals surface area contributed by atoms with Gasteiger partial charge in [-0.25, -0.2) is 4.79 Å². The molecular weight excluding hydrogens is 422 g/mol. The zero-order valence-corrected chi connectivity index (χ0v) is 17.8. The van der Waals surface area contributed by atoms with Crippen LogP contribution in [-0.2, 0) is 9.63 Å². The van der Waals surface area contributed by atoms with Gasteiger partial charge in [0.15, 0.2) is 0 Å². The van der Waals surface area contributed by atoms with E-state index in [9.17, 15) is 14.9 Å². The summed E-state index contributed by atoms with van der Waals surface area (Å²) in [5.41, 5.74) is 2.76. The van der Waals surface area contributed by atoms with Gasteiger partial charge in [0.05, 0.1) is 10.5 Å². The molecule has 8 heteroatoms. The minimum atomic E-state index is -0.562. The van der Waals surface area contributed by atoms with Crippen molar-refractivity contribution < 1.29 is 19.0 Å². The minimum Gasteiger partial charge on any atom is -0.457 e. The molecule has 0 bridgehead atoms. The lowest BCUT2D eigenvalue weighted by atomic mass is 10.0. The van der Waals surface area contributed by atoms with Gasteiger partial charge in [-0.2, -0.15) is 0 Å². The van der Waals surface area contributed by atoms with Crippen LogP contribution in [0.2, 0.25) is 0 Å². The number of piperidine rings is 1. The SMILES string of the molecule is O=C1ON=C(c2ccccc2)/C1=C/c1ccc(-c2ccc(N3CCCCC3)c([N+](=O)[O-])c2)o1. The van der Waals surface area contributed by atoms with Gasteiger partial charge in [0.2, 0.25) is 0 Å². The Bertz CT molecular complexity index is 1270. The molecule has 0 amide bonds. The molecule has 0 N–H and O–H groups in total. The van der Waals surface area contributed by atoms with Crippen LogP contribution in [0.3, 0.4) is 0 Å². The molecule has 8 nitrogen and oxygen atoms in total. The summed E-state index contributed by atoms with van der Waals surface area (Å²) >= 11 is 0. The normalized spacial score (nSPS) is 17.2. The van der Waals surface area contributed by atoms with E-state index in [0.29, 0.717) is 28.5 Å². The number of benzene rings is 2. The van der Waals surface area contributed by atoms with Crippen molar-refractivity contribution in [1.82, 2.24) is 0 Å². The Labute approximate surface area is 189 Å². The molecule has 1 saturated heterocycles. The van der Waals surface area contributed by atoms with E-state index < -0.39 is 5.97 Å². The van der Waals surface area contributed by atoms with Gasteiger partial charge < -0.3 is 14.2 Å². The Kier molecular flexibility index (Phi) is 5.48. The highest BCUT2D eigenvalue weighted by Gasteiger charge is 2.27. The fourth-order valence-electron chi connectivity index (χ4n) is 4.17. The third-order valence-corrected chi connectivity index (χ3v) is 5.81. The van der Waals surface area contributed by atoms with Gasteiger partial charge in [-0.1, -0.05) is 35.5 Å². The zero-order chi connectivity index (χ0) is 22.8. The number of rotatable bonds is 5. The van der Waals surface area contributed by atoms with Crippen LogP contribution in [-0.4, -0.2) is 29.7 Å². The molecular formula is C25H21N3O5. The van der Waals surface area contributed by atoms with Gasteiger partial charge in [0, 0.05) is 30.3 Å². The lowest BCUT2D eigenvalue weighted by Crippen LogP contribution is -2.29. The summed E-state index contributed by atoms with van der Waals surface area (Å²) in [4.78, 5) is 30.6. The van der Waals surface area contributed by atoms with E-state index in [1.165, 1.54) is 0 Å². The number of anilines is 1. The van der Waals surface area contributed by atoms with Crippen LogP contribution in [0.4, 0.5) is 11.4 Å². The van der Waals surface area contributed by atoms with Crippen molar-refractivity contribution in [2.75, 3.05) is 18.0 Å². The Balaban J connectivity index is 1.45. The van der Waals surface area contributed by atoms with E-state index in [4.69, 9.17) is 9.25 Å². The summed E-state index contributed by atoms with van der Waals surface area (Å²) in [6.45, 7) is 1.64. The summed E-state index contributed by atoms with van der Waals surface area (Å²) in [5.74, 6) is 0.332. The fourth-order valence-corrected chi connectivity index (χ4v) is 4.17. The Morgan fingerprint density at radius 2 is 1.76 bits per heavy atom. The van der Waals surface area contributed by atoms with Gasteiger partial charge in [-0.15, -0.1) is 0 Å². The standard InChI is InChI=1S/C25H21N3O5/c29-25-20(24(26-33-25)17-7-3-1-4-8-17)16-19-10-12-23(32-19)18-9-11-21(22(15-18)28(30)31)27-13-5-2-6-14-27/h1,3-4,7-12,15-16H,2,5-6,13-14H2/b20-16-. The predicted octanol–water partition coefficient (Wildman–Crippen LogP) is 5.19. The molecule has 0 unspecified atom stereocenters. The molecule has 166 valence electrons. The largest absolute Gasteiger partial charge is 0.457 e. The third kappa shape index (κ3) is 4.15. The zero-order valence-electron chi connectivity index (χ0n) is 17.8. The van der Waals surface area contributed by atoms with Gasteiger partial charge in [-0.05, 0) is 49.6 Å². The van der Waals surface area contributed by atoms with Crippen LogP contribution in [0.15, 0.2) is 75.8 Å². The maximum absolute atomic E-state index is 12.2.